The molecule has 1 aromatic heterocycles. The van der Waals surface area contributed by atoms with Crippen LogP contribution >= 0.6 is 11.3 Å². The van der Waals surface area contributed by atoms with Gasteiger partial charge in [0.15, 0.2) is 0 Å². The van der Waals surface area contributed by atoms with Gasteiger partial charge in [-0.2, -0.15) is 5.26 Å². The minimum absolute atomic E-state index is 0.333. The molecule has 0 spiro atoms. The Balaban J connectivity index is 1.90. The third-order valence-corrected chi connectivity index (χ3v) is 4.39. The van der Waals surface area contributed by atoms with Gasteiger partial charge in [-0.05, 0) is 37.1 Å². The van der Waals surface area contributed by atoms with E-state index in [2.05, 4.69) is 22.8 Å². The molecule has 2 rings (SSSR count). The van der Waals surface area contributed by atoms with Crippen LogP contribution in [0.3, 0.4) is 0 Å². The van der Waals surface area contributed by atoms with Crippen LogP contribution in [0.5, 0.6) is 0 Å². The number of nitriles is 1. The average Bonchev–Trinajstić information content (AvgIpc) is 2.90. The predicted molar refractivity (Wildman–Crippen MR) is 68.8 cm³/mol. The Kier molecular flexibility index (Phi) is 4.16. The second-order valence-electron chi connectivity index (χ2n) is 4.56. The Labute approximate surface area is 106 Å². The van der Waals surface area contributed by atoms with Gasteiger partial charge in [0, 0.05) is 18.5 Å². The Morgan fingerprint density at radius 1 is 1.59 bits per heavy atom. The van der Waals surface area contributed by atoms with E-state index in [-0.39, 0.29) is 5.54 Å². The summed E-state index contributed by atoms with van der Waals surface area (Å²) in [5.74, 6) is 0. The van der Waals surface area contributed by atoms with Crippen molar-refractivity contribution in [3.8, 4) is 6.07 Å². The molecule has 0 unspecified atom stereocenters. The zero-order chi connectivity index (χ0) is 12.1. The number of thiophene rings is 1. The molecule has 3 nitrogen and oxygen atoms in total. The quantitative estimate of drug-likeness (QED) is 0.893. The van der Waals surface area contributed by atoms with Crippen molar-refractivity contribution < 1.29 is 4.74 Å². The lowest BCUT2D eigenvalue weighted by Crippen LogP contribution is -2.47. The number of nitrogens with one attached hydrogen (secondary N) is 1. The second-order valence-corrected chi connectivity index (χ2v) is 5.59. The molecule has 4 heteroatoms. The van der Waals surface area contributed by atoms with Crippen LogP contribution in [0.15, 0.2) is 17.5 Å². The van der Waals surface area contributed by atoms with Crippen molar-refractivity contribution in [2.45, 2.75) is 43.9 Å². The van der Waals surface area contributed by atoms with Gasteiger partial charge in [0.05, 0.1) is 12.2 Å². The van der Waals surface area contributed by atoms with Gasteiger partial charge < -0.3 is 4.74 Å². The van der Waals surface area contributed by atoms with Crippen LogP contribution in [0.25, 0.3) is 0 Å². The average molecular weight is 250 g/mol. The molecule has 92 valence electrons. The van der Waals surface area contributed by atoms with Crippen LogP contribution in [0, 0.1) is 11.3 Å². The van der Waals surface area contributed by atoms with Gasteiger partial charge in [-0.25, -0.2) is 0 Å². The normalized spacial score (nSPS) is 28.8. The molecule has 0 atom stereocenters. The fourth-order valence-corrected chi connectivity index (χ4v) is 2.96. The molecule has 1 aromatic rings. The van der Waals surface area contributed by atoms with Crippen molar-refractivity contribution in [1.29, 1.82) is 5.26 Å². The molecule has 1 saturated carbocycles. The first kappa shape index (κ1) is 12.6. The minimum Gasteiger partial charge on any atom is -0.381 e. The zero-order valence-electron chi connectivity index (χ0n) is 10.1. The van der Waals surface area contributed by atoms with E-state index in [9.17, 15) is 5.26 Å². The summed E-state index contributed by atoms with van der Waals surface area (Å²) < 4.78 is 5.34. The van der Waals surface area contributed by atoms with E-state index in [4.69, 9.17) is 4.74 Å². The van der Waals surface area contributed by atoms with Crippen molar-refractivity contribution in [3.63, 3.8) is 0 Å². The largest absolute Gasteiger partial charge is 0.381 e. The zero-order valence-corrected chi connectivity index (χ0v) is 10.9. The van der Waals surface area contributed by atoms with E-state index in [0.717, 1.165) is 32.2 Å². The van der Waals surface area contributed by atoms with E-state index < -0.39 is 0 Å². The van der Waals surface area contributed by atoms with E-state index in [1.165, 1.54) is 4.88 Å². The Bertz CT molecular complexity index is 375. The van der Waals surface area contributed by atoms with Gasteiger partial charge in [-0.1, -0.05) is 6.07 Å². The monoisotopic (exact) mass is 250 g/mol. The fraction of sp³-hybridized carbons (Fsp3) is 0.615. The topological polar surface area (TPSA) is 45.0 Å². The summed E-state index contributed by atoms with van der Waals surface area (Å²) in [7, 11) is 1.75. The van der Waals surface area contributed by atoms with Crippen molar-refractivity contribution in [3.05, 3.63) is 22.4 Å². The highest BCUT2D eigenvalue weighted by molar-refractivity contribution is 7.09. The van der Waals surface area contributed by atoms with Gasteiger partial charge in [0.1, 0.15) is 5.54 Å². The van der Waals surface area contributed by atoms with Crippen LogP contribution in [0.1, 0.15) is 30.6 Å². The molecule has 0 amide bonds. The number of hydrogen-bond acceptors (Lipinski definition) is 4. The van der Waals surface area contributed by atoms with Crippen LogP contribution in [-0.2, 0) is 11.3 Å². The molecular formula is C13H18N2OS. The van der Waals surface area contributed by atoms with E-state index in [1.807, 2.05) is 6.07 Å². The first-order valence-electron chi connectivity index (χ1n) is 5.99. The summed E-state index contributed by atoms with van der Waals surface area (Å²) in [5, 5.41) is 14.9. The van der Waals surface area contributed by atoms with Gasteiger partial charge in [0.2, 0.25) is 0 Å². The lowest BCUT2D eigenvalue weighted by molar-refractivity contribution is 0.0522. The van der Waals surface area contributed by atoms with Gasteiger partial charge in [-0.3, -0.25) is 5.32 Å². The molecule has 0 saturated heterocycles. The molecule has 1 heterocycles. The maximum absolute atomic E-state index is 9.38. The predicted octanol–water partition coefficient (Wildman–Crippen LogP) is 2.69. The Hall–Kier alpha value is -0.890. The van der Waals surface area contributed by atoms with Gasteiger partial charge in [-0.15, -0.1) is 11.3 Å². The van der Waals surface area contributed by atoms with Crippen LogP contribution in [-0.4, -0.2) is 18.8 Å². The summed E-state index contributed by atoms with van der Waals surface area (Å²) in [6, 6.07) is 6.61. The summed E-state index contributed by atoms with van der Waals surface area (Å²) in [5.41, 5.74) is -0.348. The molecule has 0 bridgehead atoms. The van der Waals surface area contributed by atoms with Gasteiger partial charge >= 0.3 is 0 Å². The molecule has 0 aromatic carbocycles. The molecule has 0 aliphatic heterocycles. The summed E-state index contributed by atoms with van der Waals surface area (Å²) in [6.45, 7) is 0.795. The van der Waals surface area contributed by atoms with Crippen molar-refractivity contribution in [2.75, 3.05) is 7.11 Å². The van der Waals surface area contributed by atoms with Crippen LogP contribution in [0.2, 0.25) is 0 Å². The van der Waals surface area contributed by atoms with E-state index in [1.54, 1.807) is 18.4 Å². The lowest BCUT2D eigenvalue weighted by Gasteiger charge is -2.35. The summed E-state index contributed by atoms with van der Waals surface area (Å²) in [4.78, 5) is 1.29. The highest BCUT2D eigenvalue weighted by atomic mass is 32.1. The third-order valence-electron chi connectivity index (χ3n) is 3.51. The van der Waals surface area contributed by atoms with Crippen molar-refractivity contribution in [1.82, 2.24) is 5.32 Å². The molecule has 17 heavy (non-hydrogen) atoms. The summed E-state index contributed by atoms with van der Waals surface area (Å²) in [6.07, 6.45) is 4.05. The fourth-order valence-electron chi connectivity index (χ4n) is 2.32. The number of hydrogen-bond donors (Lipinski definition) is 1. The summed E-state index contributed by atoms with van der Waals surface area (Å²) >= 11 is 1.73. The maximum atomic E-state index is 9.38. The van der Waals surface area contributed by atoms with Crippen LogP contribution < -0.4 is 5.32 Å². The smallest absolute Gasteiger partial charge is 0.107 e. The molecular weight excluding hydrogens is 232 g/mol. The highest BCUT2D eigenvalue weighted by Gasteiger charge is 2.35. The number of nitrogens with zero attached hydrogens (tertiary/aromatic N) is 1. The van der Waals surface area contributed by atoms with Crippen molar-refractivity contribution >= 4 is 11.3 Å². The van der Waals surface area contributed by atoms with E-state index in [0.29, 0.717) is 6.10 Å². The second kappa shape index (κ2) is 5.63. The van der Waals surface area contributed by atoms with Gasteiger partial charge in [0.25, 0.3) is 0 Å². The van der Waals surface area contributed by atoms with Crippen LogP contribution in [0.4, 0.5) is 0 Å². The SMILES string of the molecule is COC1CCC(C#N)(NCc2cccs2)CC1. The first-order valence-corrected chi connectivity index (χ1v) is 6.87. The standard InChI is InChI=1S/C13H18N2OS/c1-16-11-4-6-13(10-14,7-5-11)15-9-12-3-2-8-17-12/h2-3,8,11,15H,4-7,9H2,1H3. The Morgan fingerprint density at radius 2 is 2.35 bits per heavy atom. The Morgan fingerprint density at radius 3 is 2.88 bits per heavy atom. The number of rotatable bonds is 4. The number of ether oxygens (including phenoxy) is 1. The molecule has 0 radical (unpaired) electrons. The third kappa shape index (κ3) is 3.06. The maximum Gasteiger partial charge on any atom is 0.107 e. The molecule has 1 N–H and O–H groups in total. The first-order chi connectivity index (χ1) is 8.28. The number of methoxy groups -OCH3 is 1. The van der Waals surface area contributed by atoms with E-state index >= 15 is 0 Å². The molecule has 1 aliphatic carbocycles. The minimum atomic E-state index is -0.348. The lowest BCUT2D eigenvalue weighted by atomic mass is 9.81. The molecule has 1 fully saturated rings. The highest BCUT2D eigenvalue weighted by Crippen LogP contribution is 2.29. The molecule has 1 aliphatic rings. The van der Waals surface area contributed by atoms with Crippen molar-refractivity contribution in [2.24, 2.45) is 0 Å².